The number of likely N-dealkylation sites (tertiary alicyclic amines) is 1. The molecule has 1 unspecified atom stereocenters. The highest BCUT2D eigenvalue weighted by Crippen LogP contribution is 2.27. The molecule has 1 aliphatic heterocycles. The Balaban J connectivity index is 1.44. The van der Waals surface area contributed by atoms with Gasteiger partial charge in [-0.3, -0.25) is 19.7 Å². The van der Waals surface area contributed by atoms with Gasteiger partial charge in [0.2, 0.25) is 5.91 Å². The largest absolute Gasteiger partial charge is 0.495 e. The molecule has 1 aliphatic rings. The number of H-pyrrole nitrogens is 1. The molecule has 1 fully saturated rings. The Morgan fingerprint density at radius 1 is 1.19 bits per heavy atom. The van der Waals surface area contributed by atoms with Crippen molar-refractivity contribution in [3.05, 3.63) is 60.0 Å². The number of methoxy groups -OCH3 is 1. The fourth-order valence-corrected chi connectivity index (χ4v) is 3.80. The molecule has 2 N–H and O–H groups in total. The predicted octanol–water partition coefficient (Wildman–Crippen LogP) is 3.28. The smallest absolute Gasteiger partial charge is 0.271 e. The van der Waals surface area contributed by atoms with Crippen LogP contribution >= 0.6 is 0 Å². The third-order valence-electron chi connectivity index (χ3n) is 5.48. The van der Waals surface area contributed by atoms with E-state index < -0.39 is 0 Å². The van der Waals surface area contributed by atoms with Crippen LogP contribution in [0.2, 0.25) is 0 Å². The topological polar surface area (TPSA) is 100 Å². The second-order valence-corrected chi connectivity index (χ2v) is 7.69. The first-order valence-corrected chi connectivity index (χ1v) is 10.3. The quantitative estimate of drug-likeness (QED) is 0.661. The van der Waals surface area contributed by atoms with Crippen molar-refractivity contribution >= 4 is 17.5 Å². The van der Waals surface area contributed by atoms with Gasteiger partial charge in [-0.2, -0.15) is 5.10 Å². The zero-order chi connectivity index (χ0) is 21.8. The average molecular weight is 419 g/mol. The van der Waals surface area contributed by atoms with E-state index in [1.165, 1.54) is 0 Å². The molecule has 4 rings (SSSR count). The monoisotopic (exact) mass is 419 g/mol. The third kappa shape index (κ3) is 4.58. The first-order chi connectivity index (χ1) is 15.0. The van der Waals surface area contributed by atoms with Gasteiger partial charge in [-0.25, -0.2) is 0 Å². The Hall–Kier alpha value is -3.68. The van der Waals surface area contributed by atoms with Crippen molar-refractivity contribution in [1.29, 1.82) is 0 Å². The second kappa shape index (κ2) is 8.99. The van der Waals surface area contributed by atoms with Crippen LogP contribution in [0.1, 0.15) is 28.9 Å². The van der Waals surface area contributed by atoms with Crippen molar-refractivity contribution in [3.63, 3.8) is 0 Å². The summed E-state index contributed by atoms with van der Waals surface area (Å²) in [6.45, 7) is 2.93. The van der Waals surface area contributed by atoms with Crippen LogP contribution in [0.25, 0.3) is 11.3 Å². The average Bonchev–Trinajstić information content (AvgIpc) is 3.30. The standard InChI is InChI=1S/C23H25N5O3/c1-15-5-6-21(31-2)19(12-15)25-22(29)17-4-3-11-28(14-17)23(30)20-13-18(26-27-20)16-7-9-24-10-8-16/h5-10,12-13,17H,3-4,11,14H2,1-2H3,(H,25,29)(H,26,27). The number of amides is 2. The van der Waals surface area contributed by atoms with Gasteiger partial charge in [-0.15, -0.1) is 0 Å². The van der Waals surface area contributed by atoms with Gasteiger partial charge in [0, 0.05) is 31.0 Å². The molecule has 8 nitrogen and oxygen atoms in total. The zero-order valence-electron chi connectivity index (χ0n) is 17.6. The van der Waals surface area contributed by atoms with Crippen LogP contribution in [0, 0.1) is 12.8 Å². The summed E-state index contributed by atoms with van der Waals surface area (Å²) in [6.07, 6.45) is 4.86. The Kier molecular flexibility index (Phi) is 5.97. The van der Waals surface area contributed by atoms with Crippen molar-refractivity contribution in [2.24, 2.45) is 5.92 Å². The lowest BCUT2D eigenvalue weighted by molar-refractivity contribution is -0.121. The number of pyridine rings is 1. The number of piperidine rings is 1. The molecule has 8 heteroatoms. The molecule has 1 aromatic carbocycles. The number of aromatic amines is 1. The number of nitrogens with zero attached hydrogens (tertiary/aromatic N) is 3. The van der Waals surface area contributed by atoms with E-state index in [1.54, 1.807) is 30.5 Å². The van der Waals surface area contributed by atoms with Crippen molar-refractivity contribution in [2.45, 2.75) is 19.8 Å². The van der Waals surface area contributed by atoms with E-state index in [4.69, 9.17) is 4.74 Å². The Bertz CT molecular complexity index is 1080. The molecule has 0 aliphatic carbocycles. The second-order valence-electron chi connectivity index (χ2n) is 7.69. The van der Waals surface area contributed by atoms with Crippen molar-refractivity contribution in [1.82, 2.24) is 20.1 Å². The van der Waals surface area contributed by atoms with Crippen LogP contribution < -0.4 is 10.1 Å². The number of aryl methyl sites for hydroxylation is 1. The molecular weight excluding hydrogens is 394 g/mol. The Labute approximate surface area is 180 Å². The molecule has 31 heavy (non-hydrogen) atoms. The highest BCUT2D eigenvalue weighted by molar-refractivity contribution is 5.96. The van der Waals surface area contributed by atoms with E-state index in [0.717, 1.165) is 24.0 Å². The van der Waals surface area contributed by atoms with Gasteiger partial charge in [0.25, 0.3) is 5.91 Å². The lowest BCUT2D eigenvalue weighted by Gasteiger charge is -2.31. The van der Waals surface area contributed by atoms with Crippen LogP contribution in [-0.4, -0.2) is 52.1 Å². The molecule has 3 aromatic rings. The molecule has 3 heterocycles. The zero-order valence-corrected chi connectivity index (χ0v) is 17.6. The molecule has 0 spiro atoms. The number of anilines is 1. The summed E-state index contributed by atoms with van der Waals surface area (Å²) in [5, 5.41) is 10.0. The molecule has 0 radical (unpaired) electrons. The number of carbonyl (C=O) groups is 2. The number of aromatic nitrogens is 3. The summed E-state index contributed by atoms with van der Waals surface area (Å²) >= 11 is 0. The van der Waals surface area contributed by atoms with E-state index in [1.807, 2.05) is 37.3 Å². The number of hydrogen-bond acceptors (Lipinski definition) is 5. The van der Waals surface area contributed by atoms with Crippen LogP contribution in [0.5, 0.6) is 5.75 Å². The van der Waals surface area contributed by atoms with Crippen LogP contribution in [-0.2, 0) is 4.79 Å². The van der Waals surface area contributed by atoms with E-state index in [-0.39, 0.29) is 17.7 Å². The predicted molar refractivity (Wildman–Crippen MR) is 117 cm³/mol. The summed E-state index contributed by atoms with van der Waals surface area (Å²) in [6, 6.07) is 11.1. The van der Waals surface area contributed by atoms with Crippen LogP contribution in [0.4, 0.5) is 5.69 Å². The number of hydrogen-bond donors (Lipinski definition) is 2. The van der Waals surface area contributed by atoms with Gasteiger partial charge in [-0.05, 0) is 55.7 Å². The maximum atomic E-state index is 13.0. The molecule has 1 atom stereocenters. The maximum absolute atomic E-state index is 13.0. The van der Waals surface area contributed by atoms with Gasteiger partial charge in [0.15, 0.2) is 0 Å². The Morgan fingerprint density at radius 3 is 2.77 bits per heavy atom. The lowest BCUT2D eigenvalue weighted by Crippen LogP contribution is -2.43. The van der Waals surface area contributed by atoms with Gasteiger partial charge >= 0.3 is 0 Å². The van der Waals surface area contributed by atoms with Crippen molar-refractivity contribution in [3.8, 4) is 17.0 Å². The summed E-state index contributed by atoms with van der Waals surface area (Å²) in [4.78, 5) is 31.6. The molecular formula is C23H25N5O3. The van der Waals surface area contributed by atoms with Gasteiger partial charge in [0.1, 0.15) is 11.4 Å². The SMILES string of the molecule is COc1ccc(C)cc1NC(=O)C1CCCN(C(=O)c2cc(-c3ccncc3)n[nH]2)C1. The minimum Gasteiger partial charge on any atom is -0.495 e. The molecule has 0 bridgehead atoms. The number of rotatable bonds is 5. The van der Waals surface area contributed by atoms with Gasteiger partial charge in [0.05, 0.1) is 24.4 Å². The van der Waals surface area contributed by atoms with Crippen molar-refractivity contribution < 1.29 is 14.3 Å². The first-order valence-electron chi connectivity index (χ1n) is 10.3. The number of nitrogens with one attached hydrogen (secondary N) is 2. The van der Waals surface area contributed by atoms with Crippen LogP contribution in [0.3, 0.4) is 0 Å². The maximum Gasteiger partial charge on any atom is 0.271 e. The van der Waals surface area contributed by atoms with E-state index in [9.17, 15) is 9.59 Å². The normalized spacial score (nSPS) is 16.1. The fourth-order valence-electron chi connectivity index (χ4n) is 3.80. The molecule has 0 saturated carbocycles. The minimum absolute atomic E-state index is 0.108. The number of carbonyl (C=O) groups excluding carboxylic acids is 2. The van der Waals surface area contributed by atoms with Gasteiger partial charge < -0.3 is 15.0 Å². The first kappa shape index (κ1) is 20.6. The van der Waals surface area contributed by atoms with E-state index in [0.29, 0.717) is 35.9 Å². The number of benzene rings is 1. The van der Waals surface area contributed by atoms with E-state index in [2.05, 4.69) is 20.5 Å². The fraction of sp³-hybridized carbons (Fsp3) is 0.304. The minimum atomic E-state index is -0.287. The summed E-state index contributed by atoms with van der Waals surface area (Å²) in [7, 11) is 1.58. The molecule has 1 saturated heterocycles. The lowest BCUT2D eigenvalue weighted by atomic mass is 9.96. The van der Waals surface area contributed by atoms with Gasteiger partial charge in [-0.1, -0.05) is 6.07 Å². The summed E-state index contributed by atoms with van der Waals surface area (Å²) in [5.74, 6) is 0.0660. The third-order valence-corrected chi connectivity index (χ3v) is 5.48. The molecule has 160 valence electrons. The molecule has 2 amide bonds. The Morgan fingerprint density at radius 2 is 2.00 bits per heavy atom. The summed E-state index contributed by atoms with van der Waals surface area (Å²) in [5.41, 5.74) is 3.65. The highest BCUT2D eigenvalue weighted by atomic mass is 16.5. The van der Waals surface area contributed by atoms with E-state index >= 15 is 0 Å². The highest BCUT2D eigenvalue weighted by Gasteiger charge is 2.30. The van der Waals surface area contributed by atoms with Crippen molar-refractivity contribution in [2.75, 3.05) is 25.5 Å². The molecule has 2 aromatic heterocycles. The summed E-state index contributed by atoms with van der Waals surface area (Å²) < 4.78 is 5.35. The number of ether oxygens (including phenoxy) is 1. The van der Waals surface area contributed by atoms with Crippen LogP contribution in [0.15, 0.2) is 48.8 Å².